The quantitative estimate of drug-likeness (QED) is 0.507. The lowest BCUT2D eigenvalue weighted by Crippen LogP contribution is -1.81. The molecule has 2 aromatic heterocycles. The number of hydrogen-bond acceptors (Lipinski definition) is 1. The van der Waals surface area contributed by atoms with E-state index in [4.69, 9.17) is 23.2 Å². The van der Waals surface area contributed by atoms with Gasteiger partial charge in [-0.1, -0.05) is 23.2 Å². The van der Waals surface area contributed by atoms with Crippen LogP contribution in [0.3, 0.4) is 0 Å². The third-order valence-corrected chi connectivity index (χ3v) is 3.37. The minimum absolute atomic E-state index is 0. The molecule has 0 aliphatic rings. The van der Waals surface area contributed by atoms with E-state index in [0.29, 0.717) is 10.0 Å². The molecule has 1 aromatic carbocycles. The van der Waals surface area contributed by atoms with Crippen LogP contribution in [0, 0.1) is 6.92 Å². The molecule has 0 aliphatic heterocycles. The van der Waals surface area contributed by atoms with Crippen LogP contribution in [0.1, 0.15) is 5.56 Å². The third kappa shape index (κ3) is 2.88. The molecule has 0 atom stereocenters. The molecule has 0 unspecified atom stereocenters. The molecule has 0 amide bonds. The van der Waals surface area contributed by atoms with Crippen molar-refractivity contribution in [3.63, 3.8) is 0 Å². The van der Waals surface area contributed by atoms with Crippen LogP contribution in [0.5, 0.6) is 0 Å². The summed E-state index contributed by atoms with van der Waals surface area (Å²) in [4.78, 5) is 4.57. The van der Waals surface area contributed by atoms with Gasteiger partial charge in [0.15, 0.2) is 0 Å². The standard InChI is InChI=1S/C14H10Cl2N2.HI/c1-9-4-5-18-8-13(17-14(18)6-9)11-3-2-10(15)7-12(11)16;/h2-8H,1H3;1H. The number of imidazole rings is 1. The highest BCUT2D eigenvalue weighted by molar-refractivity contribution is 14.0. The van der Waals surface area contributed by atoms with Gasteiger partial charge in [-0.15, -0.1) is 24.0 Å². The maximum atomic E-state index is 6.19. The highest BCUT2D eigenvalue weighted by Gasteiger charge is 2.08. The molecule has 19 heavy (non-hydrogen) atoms. The average molecular weight is 405 g/mol. The van der Waals surface area contributed by atoms with E-state index in [0.717, 1.165) is 16.9 Å². The second-order valence-corrected chi connectivity index (χ2v) is 5.06. The van der Waals surface area contributed by atoms with E-state index in [1.54, 1.807) is 6.07 Å². The smallest absolute Gasteiger partial charge is 0.137 e. The number of nitrogens with zero attached hydrogens (tertiary/aromatic N) is 2. The second-order valence-electron chi connectivity index (χ2n) is 4.22. The monoisotopic (exact) mass is 404 g/mol. The molecule has 0 aliphatic carbocycles. The summed E-state index contributed by atoms with van der Waals surface area (Å²) in [6.07, 6.45) is 3.95. The SMILES string of the molecule is Cc1ccn2cc(-c3ccc(Cl)cc3Cl)nc2c1.I. The minimum atomic E-state index is 0. The van der Waals surface area contributed by atoms with E-state index in [1.807, 2.05) is 48.0 Å². The minimum Gasteiger partial charge on any atom is -0.306 e. The van der Waals surface area contributed by atoms with E-state index in [1.165, 1.54) is 5.56 Å². The van der Waals surface area contributed by atoms with Crippen molar-refractivity contribution in [1.29, 1.82) is 0 Å². The molecule has 0 spiro atoms. The Kier molecular flexibility index (Phi) is 4.38. The van der Waals surface area contributed by atoms with Crippen molar-refractivity contribution in [2.75, 3.05) is 0 Å². The fourth-order valence-electron chi connectivity index (χ4n) is 1.91. The number of fused-ring (bicyclic) bond motifs is 1. The van der Waals surface area contributed by atoms with E-state index in [2.05, 4.69) is 4.98 Å². The van der Waals surface area contributed by atoms with Gasteiger partial charge in [-0.25, -0.2) is 4.98 Å². The Morgan fingerprint density at radius 3 is 2.63 bits per heavy atom. The molecule has 3 aromatic rings. The Balaban J connectivity index is 0.00000133. The summed E-state index contributed by atoms with van der Waals surface area (Å²) in [7, 11) is 0. The van der Waals surface area contributed by atoms with Gasteiger partial charge in [-0.3, -0.25) is 0 Å². The van der Waals surface area contributed by atoms with Crippen LogP contribution in [0.4, 0.5) is 0 Å². The lowest BCUT2D eigenvalue weighted by molar-refractivity contribution is 1.17. The number of halogens is 3. The fraction of sp³-hybridized carbons (Fsp3) is 0.0714. The predicted octanol–water partition coefficient (Wildman–Crippen LogP) is 5.23. The van der Waals surface area contributed by atoms with Crippen LogP contribution in [-0.2, 0) is 0 Å². The van der Waals surface area contributed by atoms with Crippen molar-refractivity contribution >= 4 is 52.8 Å². The van der Waals surface area contributed by atoms with Crippen LogP contribution in [0.25, 0.3) is 16.9 Å². The maximum Gasteiger partial charge on any atom is 0.137 e. The summed E-state index contributed by atoms with van der Waals surface area (Å²) >= 11 is 12.1. The molecule has 0 saturated heterocycles. The van der Waals surface area contributed by atoms with Gasteiger partial charge in [0.1, 0.15) is 5.65 Å². The van der Waals surface area contributed by atoms with Crippen LogP contribution in [0.2, 0.25) is 10.0 Å². The van der Waals surface area contributed by atoms with Crippen LogP contribution < -0.4 is 0 Å². The van der Waals surface area contributed by atoms with Crippen molar-refractivity contribution in [3.05, 3.63) is 58.3 Å². The van der Waals surface area contributed by atoms with Gasteiger partial charge in [-0.05, 0) is 42.8 Å². The summed E-state index contributed by atoms with van der Waals surface area (Å²) < 4.78 is 1.98. The molecular formula is C14H11Cl2IN2. The van der Waals surface area contributed by atoms with E-state index < -0.39 is 0 Å². The maximum absolute atomic E-state index is 6.19. The Labute approximate surface area is 138 Å². The lowest BCUT2D eigenvalue weighted by Gasteiger charge is -2.00. The van der Waals surface area contributed by atoms with Crippen LogP contribution in [-0.4, -0.2) is 9.38 Å². The van der Waals surface area contributed by atoms with Gasteiger partial charge in [0.2, 0.25) is 0 Å². The van der Waals surface area contributed by atoms with Crippen molar-refractivity contribution in [2.24, 2.45) is 0 Å². The zero-order chi connectivity index (χ0) is 12.7. The van der Waals surface area contributed by atoms with Gasteiger partial charge in [0.25, 0.3) is 0 Å². The first-order chi connectivity index (χ1) is 8.63. The van der Waals surface area contributed by atoms with Gasteiger partial charge < -0.3 is 4.40 Å². The Morgan fingerprint density at radius 2 is 1.89 bits per heavy atom. The van der Waals surface area contributed by atoms with Crippen molar-refractivity contribution in [3.8, 4) is 11.3 Å². The summed E-state index contributed by atoms with van der Waals surface area (Å²) in [5.74, 6) is 0. The number of aryl methyl sites for hydroxylation is 1. The second kappa shape index (κ2) is 5.69. The Hall–Kier alpha value is -0.780. The lowest BCUT2D eigenvalue weighted by atomic mass is 10.2. The number of aromatic nitrogens is 2. The highest BCUT2D eigenvalue weighted by Crippen LogP contribution is 2.29. The van der Waals surface area contributed by atoms with Gasteiger partial charge >= 0.3 is 0 Å². The zero-order valence-electron chi connectivity index (χ0n) is 10.1. The molecule has 0 radical (unpaired) electrons. The number of pyridine rings is 1. The molecule has 0 fully saturated rings. The van der Waals surface area contributed by atoms with Crippen molar-refractivity contribution < 1.29 is 0 Å². The van der Waals surface area contributed by atoms with Crippen molar-refractivity contribution in [2.45, 2.75) is 6.92 Å². The van der Waals surface area contributed by atoms with Crippen molar-refractivity contribution in [1.82, 2.24) is 9.38 Å². The summed E-state index contributed by atoms with van der Waals surface area (Å²) in [5, 5.41) is 1.24. The molecule has 5 heteroatoms. The molecule has 0 N–H and O–H groups in total. The van der Waals surface area contributed by atoms with Crippen LogP contribution >= 0.6 is 47.2 Å². The topological polar surface area (TPSA) is 17.3 Å². The molecular weight excluding hydrogens is 394 g/mol. The molecule has 3 rings (SSSR count). The number of rotatable bonds is 1. The average Bonchev–Trinajstić information content (AvgIpc) is 2.71. The number of hydrogen-bond donors (Lipinski definition) is 0. The van der Waals surface area contributed by atoms with E-state index in [9.17, 15) is 0 Å². The molecule has 2 heterocycles. The fourth-order valence-corrected chi connectivity index (χ4v) is 2.42. The normalized spacial score (nSPS) is 10.5. The summed E-state index contributed by atoms with van der Waals surface area (Å²) in [6, 6.07) is 9.51. The van der Waals surface area contributed by atoms with Gasteiger partial charge in [0, 0.05) is 23.0 Å². The van der Waals surface area contributed by atoms with Gasteiger partial charge in [0.05, 0.1) is 10.7 Å². The largest absolute Gasteiger partial charge is 0.306 e. The first-order valence-corrected chi connectivity index (χ1v) is 6.30. The predicted molar refractivity (Wildman–Crippen MR) is 90.8 cm³/mol. The molecule has 0 saturated carbocycles. The third-order valence-electron chi connectivity index (χ3n) is 2.82. The van der Waals surface area contributed by atoms with E-state index in [-0.39, 0.29) is 24.0 Å². The highest BCUT2D eigenvalue weighted by atomic mass is 127. The zero-order valence-corrected chi connectivity index (χ0v) is 13.9. The molecule has 2 nitrogen and oxygen atoms in total. The Bertz CT molecular complexity index is 737. The number of benzene rings is 1. The van der Waals surface area contributed by atoms with Gasteiger partial charge in [-0.2, -0.15) is 0 Å². The van der Waals surface area contributed by atoms with Crippen LogP contribution in [0.15, 0.2) is 42.7 Å². The van der Waals surface area contributed by atoms with E-state index >= 15 is 0 Å². The molecule has 0 bridgehead atoms. The summed E-state index contributed by atoms with van der Waals surface area (Å²) in [6.45, 7) is 2.05. The first kappa shape index (κ1) is 14.6. The first-order valence-electron chi connectivity index (χ1n) is 5.54. The Morgan fingerprint density at radius 1 is 1.11 bits per heavy atom. The molecule has 98 valence electrons. The summed E-state index contributed by atoms with van der Waals surface area (Å²) in [5.41, 5.74) is 3.84.